The molecule has 6 nitrogen and oxygen atoms in total. The van der Waals surface area contributed by atoms with Crippen molar-refractivity contribution in [3.8, 4) is 0 Å². The average Bonchev–Trinajstić information content (AvgIpc) is 2.64. The molecule has 0 radical (unpaired) electrons. The third kappa shape index (κ3) is 9.30. The summed E-state index contributed by atoms with van der Waals surface area (Å²) < 4.78 is 13.1. The summed E-state index contributed by atoms with van der Waals surface area (Å²) in [5, 5.41) is 5.21. The topological polar surface area (TPSA) is 101 Å². The third-order valence-corrected chi connectivity index (χ3v) is 4.36. The van der Waals surface area contributed by atoms with E-state index in [2.05, 4.69) is 17.2 Å². The number of allylic oxidation sites excluding steroid dienone is 1. The number of nitrogens with one attached hydrogen (secondary N) is 2. The van der Waals surface area contributed by atoms with Crippen molar-refractivity contribution >= 4 is 17.7 Å². The fraction of sp³-hybridized carbons (Fsp3) is 0.476. The zero-order chi connectivity index (χ0) is 20.9. The second-order valence-corrected chi connectivity index (χ2v) is 6.83. The summed E-state index contributed by atoms with van der Waals surface area (Å²) in [5.74, 6) is -1.86. The number of unbranched alkanes of at least 4 members (excludes halogenated alkanes) is 4. The highest BCUT2D eigenvalue weighted by molar-refractivity contribution is 5.91. The summed E-state index contributed by atoms with van der Waals surface area (Å²) >= 11 is 0. The smallest absolute Gasteiger partial charge is 0.243 e. The van der Waals surface area contributed by atoms with Crippen LogP contribution >= 0.6 is 0 Å². The van der Waals surface area contributed by atoms with Crippen molar-refractivity contribution in [2.45, 2.75) is 64.0 Å². The van der Waals surface area contributed by atoms with Gasteiger partial charge in [0.2, 0.25) is 17.7 Å². The lowest BCUT2D eigenvalue weighted by molar-refractivity contribution is -0.130. The first kappa shape index (κ1) is 23.3. The SMILES string of the molecule is C=CCCCCCC[C@H](NC(=O)[C@H](Cc1ccc(F)cc1)NC(C)=O)C(N)=O. The van der Waals surface area contributed by atoms with Crippen molar-refractivity contribution in [1.82, 2.24) is 10.6 Å². The molecule has 4 N–H and O–H groups in total. The van der Waals surface area contributed by atoms with Gasteiger partial charge < -0.3 is 16.4 Å². The lowest BCUT2D eigenvalue weighted by Crippen LogP contribution is -2.53. The van der Waals surface area contributed by atoms with Gasteiger partial charge >= 0.3 is 0 Å². The fourth-order valence-corrected chi connectivity index (χ4v) is 2.86. The Labute approximate surface area is 165 Å². The van der Waals surface area contributed by atoms with E-state index in [1.54, 1.807) is 12.1 Å². The molecule has 0 heterocycles. The van der Waals surface area contributed by atoms with Gasteiger partial charge in [0, 0.05) is 13.3 Å². The molecule has 0 saturated carbocycles. The lowest BCUT2D eigenvalue weighted by Gasteiger charge is -2.21. The van der Waals surface area contributed by atoms with Crippen LogP contribution in [0.25, 0.3) is 0 Å². The summed E-state index contributed by atoms with van der Waals surface area (Å²) in [5.41, 5.74) is 6.11. The Balaban J connectivity index is 2.65. The molecule has 2 atom stereocenters. The minimum Gasteiger partial charge on any atom is -0.368 e. The molecule has 0 bridgehead atoms. The first-order valence-electron chi connectivity index (χ1n) is 9.55. The van der Waals surface area contributed by atoms with E-state index in [0.717, 1.165) is 32.1 Å². The maximum absolute atomic E-state index is 13.1. The van der Waals surface area contributed by atoms with Crippen LogP contribution in [0.5, 0.6) is 0 Å². The molecule has 1 aromatic rings. The number of halogens is 1. The van der Waals surface area contributed by atoms with E-state index < -0.39 is 23.9 Å². The van der Waals surface area contributed by atoms with Gasteiger partial charge in [-0.1, -0.05) is 37.5 Å². The van der Waals surface area contributed by atoms with Crippen LogP contribution in [0.4, 0.5) is 4.39 Å². The molecule has 0 aliphatic carbocycles. The summed E-state index contributed by atoms with van der Waals surface area (Å²) in [6.07, 6.45) is 7.20. The maximum atomic E-state index is 13.1. The Bertz CT molecular complexity index is 661. The van der Waals surface area contributed by atoms with Crippen LogP contribution in [0.1, 0.15) is 51.0 Å². The number of rotatable bonds is 13. The molecule has 0 aliphatic heterocycles. The molecule has 1 aromatic carbocycles. The van der Waals surface area contributed by atoms with Crippen LogP contribution < -0.4 is 16.4 Å². The van der Waals surface area contributed by atoms with Gasteiger partial charge in [-0.2, -0.15) is 0 Å². The molecule has 1 rings (SSSR count). The van der Waals surface area contributed by atoms with E-state index in [4.69, 9.17) is 5.73 Å². The van der Waals surface area contributed by atoms with E-state index >= 15 is 0 Å². The summed E-state index contributed by atoms with van der Waals surface area (Å²) in [6.45, 7) is 4.98. The Kier molecular flexibility index (Phi) is 10.5. The van der Waals surface area contributed by atoms with E-state index in [1.165, 1.54) is 19.1 Å². The lowest BCUT2D eigenvalue weighted by atomic mass is 10.0. The Morgan fingerprint density at radius 3 is 2.29 bits per heavy atom. The van der Waals surface area contributed by atoms with Crippen LogP contribution in [0.15, 0.2) is 36.9 Å². The monoisotopic (exact) mass is 391 g/mol. The number of amides is 3. The molecule has 154 valence electrons. The van der Waals surface area contributed by atoms with Crippen LogP contribution in [0.3, 0.4) is 0 Å². The Morgan fingerprint density at radius 1 is 1.07 bits per heavy atom. The number of primary amides is 1. The van der Waals surface area contributed by atoms with Gasteiger partial charge in [-0.25, -0.2) is 4.39 Å². The van der Waals surface area contributed by atoms with Crippen LogP contribution in [0, 0.1) is 5.82 Å². The van der Waals surface area contributed by atoms with Crippen molar-refractivity contribution < 1.29 is 18.8 Å². The van der Waals surface area contributed by atoms with E-state index in [9.17, 15) is 18.8 Å². The Hall–Kier alpha value is -2.70. The Morgan fingerprint density at radius 2 is 1.71 bits per heavy atom. The van der Waals surface area contributed by atoms with Gasteiger partial charge in [-0.05, 0) is 37.0 Å². The minimum atomic E-state index is -0.877. The van der Waals surface area contributed by atoms with Crippen molar-refractivity contribution in [3.05, 3.63) is 48.3 Å². The van der Waals surface area contributed by atoms with Crippen LogP contribution in [-0.2, 0) is 20.8 Å². The highest BCUT2D eigenvalue weighted by Gasteiger charge is 2.25. The second kappa shape index (κ2) is 12.6. The first-order chi connectivity index (χ1) is 13.3. The molecular formula is C21H30FN3O3. The summed E-state index contributed by atoms with van der Waals surface area (Å²) in [6, 6.07) is 4.00. The fourth-order valence-electron chi connectivity index (χ4n) is 2.86. The number of hydrogen-bond acceptors (Lipinski definition) is 3. The summed E-state index contributed by atoms with van der Waals surface area (Å²) in [7, 11) is 0. The van der Waals surface area contributed by atoms with Gasteiger partial charge in [0.1, 0.15) is 17.9 Å². The first-order valence-corrected chi connectivity index (χ1v) is 9.55. The van der Waals surface area contributed by atoms with Gasteiger partial charge in [0.25, 0.3) is 0 Å². The zero-order valence-electron chi connectivity index (χ0n) is 16.4. The molecule has 0 aliphatic rings. The van der Waals surface area contributed by atoms with E-state index in [1.807, 2.05) is 6.08 Å². The van der Waals surface area contributed by atoms with Crippen LogP contribution in [0.2, 0.25) is 0 Å². The molecule has 7 heteroatoms. The molecule has 0 aromatic heterocycles. The molecule has 28 heavy (non-hydrogen) atoms. The highest BCUT2D eigenvalue weighted by Crippen LogP contribution is 2.10. The number of benzene rings is 1. The molecule has 3 amide bonds. The van der Waals surface area contributed by atoms with Crippen molar-refractivity contribution in [2.75, 3.05) is 0 Å². The molecule has 0 fully saturated rings. The van der Waals surface area contributed by atoms with Gasteiger partial charge in [-0.15, -0.1) is 6.58 Å². The maximum Gasteiger partial charge on any atom is 0.243 e. The second-order valence-electron chi connectivity index (χ2n) is 6.83. The number of nitrogens with two attached hydrogens (primary N) is 1. The van der Waals surface area contributed by atoms with Crippen LogP contribution in [-0.4, -0.2) is 29.8 Å². The van der Waals surface area contributed by atoms with Gasteiger partial charge in [0.15, 0.2) is 0 Å². The third-order valence-electron chi connectivity index (χ3n) is 4.36. The molecule has 0 spiro atoms. The standard InChI is InChI=1S/C21H30FN3O3/c1-3-4-5-6-7-8-9-18(20(23)27)25-21(28)19(24-15(2)26)14-16-10-12-17(22)13-11-16/h3,10-13,18-19H,1,4-9,14H2,2H3,(H2,23,27)(H,24,26)(H,25,28)/t18-,19-/m0/s1. The number of carbonyl (C=O) groups is 3. The van der Waals surface area contributed by atoms with E-state index in [0.29, 0.717) is 12.0 Å². The minimum absolute atomic E-state index is 0.179. The number of carbonyl (C=O) groups excluding carboxylic acids is 3. The predicted octanol–water partition coefficient (Wildman–Crippen LogP) is 2.37. The normalized spacial score (nSPS) is 12.6. The quantitative estimate of drug-likeness (QED) is 0.355. The van der Waals surface area contributed by atoms with E-state index in [-0.39, 0.29) is 18.1 Å². The molecule has 0 saturated heterocycles. The van der Waals surface area contributed by atoms with Crippen molar-refractivity contribution in [1.29, 1.82) is 0 Å². The molecule has 0 unspecified atom stereocenters. The highest BCUT2D eigenvalue weighted by atomic mass is 19.1. The summed E-state index contributed by atoms with van der Waals surface area (Å²) in [4.78, 5) is 35.8. The largest absolute Gasteiger partial charge is 0.368 e. The van der Waals surface area contributed by atoms with Crippen molar-refractivity contribution in [2.24, 2.45) is 5.73 Å². The van der Waals surface area contributed by atoms with Gasteiger partial charge in [0.05, 0.1) is 0 Å². The zero-order valence-corrected chi connectivity index (χ0v) is 16.4. The molecular weight excluding hydrogens is 361 g/mol. The van der Waals surface area contributed by atoms with Crippen molar-refractivity contribution in [3.63, 3.8) is 0 Å². The van der Waals surface area contributed by atoms with Gasteiger partial charge in [-0.3, -0.25) is 14.4 Å². The predicted molar refractivity (Wildman–Crippen MR) is 107 cm³/mol. The average molecular weight is 391 g/mol. The number of hydrogen-bond donors (Lipinski definition) is 3.